The van der Waals surface area contributed by atoms with Crippen LogP contribution in [0, 0.1) is 0 Å². The van der Waals surface area contributed by atoms with Gasteiger partial charge in [-0.25, -0.2) is 0 Å². The van der Waals surface area contributed by atoms with Gasteiger partial charge in [0.25, 0.3) is 0 Å². The van der Waals surface area contributed by atoms with E-state index in [1.165, 1.54) is 5.56 Å². The van der Waals surface area contributed by atoms with Crippen molar-refractivity contribution in [3.8, 4) is 0 Å². The number of carbonyl (C=O) groups excluding carboxylic acids is 1. The van der Waals surface area contributed by atoms with Crippen LogP contribution < -0.4 is 4.90 Å². The quantitative estimate of drug-likeness (QED) is 0.799. The maximum Gasteiger partial charge on any atom is 0.222 e. The van der Waals surface area contributed by atoms with Crippen LogP contribution in [0.15, 0.2) is 30.3 Å². The third-order valence-electron chi connectivity index (χ3n) is 3.42. The van der Waals surface area contributed by atoms with Crippen LogP contribution in [0.25, 0.3) is 0 Å². The molecule has 3 heteroatoms. The molecule has 1 N–H and O–H groups in total. The number of nitrogens with zero attached hydrogens (tertiary/aromatic N) is 1. The molecule has 1 amide bonds. The van der Waals surface area contributed by atoms with Crippen LogP contribution in [0.3, 0.4) is 0 Å². The van der Waals surface area contributed by atoms with E-state index in [-0.39, 0.29) is 0 Å². The van der Waals surface area contributed by atoms with Gasteiger partial charge in [-0.15, -0.1) is 0 Å². The van der Waals surface area contributed by atoms with Crippen molar-refractivity contribution in [1.82, 2.24) is 4.90 Å². The topological polar surface area (TPSA) is 24.8 Å². The number of benzene rings is 1. The first-order valence-electron chi connectivity index (χ1n) is 6.45. The van der Waals surface area contributed by atoms with Crippen molar-refractivity contribution in [2.75, 3.05) is 26.2 Å². The molecule has 3 nitrogen and oxygen atoms in total. The van der Waals surface area contributed by atoms with Gasteiger partial charge in [0.2, 0.25) is 5.91 Å². The van der Waals surface area contributed by atoms with Crippen molar-refractivity contribution in [2.24, 2.45) is 0 Å². The second-order valence-electron chi connectivity index (χ2n) is 4.65. The molecule has 17 heavy (non-hydrogen) atoms. The highest BCUT2D eigenvalue weighted by molar-refractivity contribution is 5.75. The first-order valence-corrected chi connectivity index (χ1v) is 6.45. The molecule has 1 fully saturated rings. The summed E-state index contributed by atoms with van der Waals surface area (Å²) in [5.74, 6) is 0.295. The van der Waals surface area contributed by atoms with E-state index in [4.69, 9.17) is 0 Å². The first kappa shape index (κ1) is 12.1. The molecule has 0 aromatic heterocycles. The largest absolute Gasteiger partial charge is 0.331 e. The van der Waals surface area contributed by atoms with Gasteiger partial charge in [-0.2, -0.15) is 0 Å². The lowest BCUT2D eigenvalue weighted by molar-refractivity contribution is -0.917. The molecule has 1 aromatic rings. The maximum absolute atomic E-state index is 11.5. The molecule has 0 bridgehead atoms. The van der Waals surface area contributed by atoms with Crippen LogP contribution in [0.4, 0.5) is 0 Å². The van der Waals surface area contributed by atoms with Gasteiger partial charge in [0.1, 0.15) is 6.54 Å². The van der Waals surface area contributed by atoms with Gasteiger partial charge in [-0.1, -0.05) is 37.3 Å². The summed E-state index contributed by atoms with van der Waals surface area (Å²) in [5, 5.41) is 0. The third kappa shape index (κ3) is 3.30. The molecule has 1 aliphatic heterocycles. The predicted octanol–water partition coefficient (Wildman–Crippen LogP) is 0.324. The lowest BCUT2D eigenvalue weighted by Gasteiger charge is -2.32. The summed E-state index contributed by atoms with van der Waals surface area (Å²) in [6.45, 7) is 6.98. The van der Waals surface area contributed by atoms with Crippen LogP contribution >= 0.6 is 0 Å². The van der Waals surface area contributed by atoms with Crippen LogP contribution in [0.1, 0.15) is 18.9 Å². The minimum Gasteiger partial charge on any atom is -0.331 e. The van der Waals surface area contributed by atoms with Gasteiger partial charge in [-0.05, 0) is 0 Å². The molecule has 1 heterocycles. The van der Waals surface area contributed by atoms with Crippen molar-refractivity contribution in [3.05, 3.63) is 35.9 Å². The normalized spacial score (nSPS) is 17.1. The van der Waals surface area contributed by atoms with Crippen LogP contribution in [0.5, 0.6) is 0 Å². The number of nitrogens with one attached hydrogen (secondary N) is 1. The minimum atomic E-state index is 0.295. The van der Waals surface area contributed by atoms with E-state index in [0.29, 0.717) is 12.3 Å². The molecule has 92 valence electrons. The predicted molar refractivity (Wildman–Crippen MR) is 67.7 cm³/mol. The van der Waals surface area contributed by atoms with Crippen molar-refractivity contribution >= 4 is 5.91 Å². The second kappa shape index (κ2) is 5.82. The smallest absolute Gasteiger partial charge is 0.222 e. The zero-order valence-corrected chi connectivity index (χ0v) is 10.5. The molecule has 0 radical (unpaired) electrons. The number of hydrogen-bond acceptors (Lipinski definition) is 1. The number of quaternary nitrogens is 1. The van der Waals surface area contributed by atoms with E-state index in [0.717, 1.165) is 32.7 Å². The van der Waals surface area contributed by atoms with E-state index in [1.54, 1.807) is 4.90 Å². The maximum atomic E-state index is 11.5. The number of hydrogen-bond donors (Lipinski definition) is 1. The Morgan fingerprint density at radius 2 is 1.88 bits per heavy atom. The van der Waals surface area contributed by atoms with E-state index >= 15 is 0 Å². The number of carbonyl (C=O) groups is 1. The van der Waals surface area contributed by atoms with E-state index < -0.39 is 0 Å². The van der Waals surface area contributed by atoms with Crippen LogP contribution in [0.2, 0.25) is 0 Å². The Morgan fingerprint density at radius 3 is 2.47 bits per heavy atom. The SMILES string of the molecule is CCC(=O)N1CC[NH+](Cc2ccccc2)CC1. The molecule has 2 rings (SSSR count). The average molecular weight is 233 g/mol. The molecular weight excluding hydrogens is 212 g/mol. The summed E-state index contributed by atoms with van der Waals surface area (Å²) in [5.41, 5.74) is 1.39. The summed E-state index contributed by atoms with van der Waals surface area (Å²) < 4.78 is 0. The number of amides is 1. The fraction of sp³-hybridized carbons (Fsp3) is 0.500. The van der Waals surface area contributed by atoms with Gasteiger partial charge < -0.3 is 9.80 Å². The Bertz CT molecular complexity index is 356. The first-order chi connectivity index (χ1) is 8.29. The lowest BCUT2D eigenvalue weighted by Crippen LogP contribution is -3.13. The molecule has 1 saturated heterocycles. The van der Waals surface area contributed by atoms with E-state index in [9.17, 15) is 4.79 Å². The third-order valence-corrected chi connectivity index (χ3v) is 3.42. The standard InChI is InChI=1S/C14H20N2O/c1-2-14(17)16-10-8-15(9-11-16)12-13-6-4-3-5-7-13/h3-7H,2,8-12H2,1H3/p+1. The highest BCUT2D eigenvalue weighted by atomic mass is 16.2. The second-order valence-corrected chi connectivity index (χ2v) is 4.65. The molecule has 1 aromatic carbocycles. The van der Waals surface area contributed by atoms with E-state index in [2.05, 4.69) is 30.3 Å². The lowest BCUT2D eigenvalue weighted by atomic mass is 10.2. The highest BCUT2D eigenvalue weighted by Crippen LogP contribution is 1.98. The van der Waals surface area contributed by atoms with Gasteiger partial charge in [0.05, 0.1) is 26.2 Å². The molecular formula is C14H21N2O+. The summed E-state index contributed by atoms with van der Waals surface area (Å²) in [4.78, 5) is 15.1. The average Bonchev–Trinajstić information content (AvgIpc) is 2.40. The monoisotopic (exact) mass is 233 g/mol. The Hall–Kier alpha value is -1.35. The Labute approximate surface area is 103 Å². The molecule has 0 saturated carbocycles. The summed E-state index contributed by atoms with van der Waals surface area (Å²) >= 11 is 0. The van der Waals surface area contributed by atoms with Gasteiger partial charge in [0, 0.05) is 12.0 Å². The van der Waals surface area contributed by atoms with Crippen LogP contribution in [-0.2, 0) is 11.3 Å². The van der Waals surface area contributed by atoms with Gasteiger partial charge in [0.15, 0.2) is 0 Å². The zero-order valence-electron chi connectivity index (χ0n) is 10.5. The van der Waals surface area contributed by atoms with E-state index in [1.807, 2.05) is 11.8 Å². The molecule has 0 atom stereocenters. The summed E-state index contributed by atoms with van der Waals surface area (Å²) in [7, 11) is 0. The van der Waals surface area contributed by atoms with Crippen molar-refractivity contribution in [1.29, 1.82) is 0 Å². The van der Waals surface area contributed by atoms with Gasteiger partial charge in [-0.3, -0.25) is 4.79 Å². The van der Waals surface area contributed by atoms with Crippen molar-refractivity contribution < 1.29 is 9.69 Å². The fourth-order valence-electron chi connectivity index (χ4n) is 2.36. The van der Waals surface area contributed by atoms with Crippen molar-refractivity contribution in [2.45, 2.75) is 19.9 Å². The summed E-state index contributed by atoms with van der Waals surface area (Å²) in [6, 6.07) is 10.6. The Balaban J connectivity index is 1.82. The number of piperazine rings is 1. The molecule has 1 aliphatic rings. The molecule has 0 spiro atoms. The van der Waals surface area contributed by atoms with Gasteiger partial charge >= 0.3 is 0 Å². The fourth-order valence-corrected chi connectivity index (χ4v) is 2.36. The summed E-state index contributed by atoms with van der Waals surface area (Å²) in [6.07, 6.45) is 0.633. The molecule has 0 unspecified atom stereocenters. The van der Waals surface area contributed by atoms with Crippen LogP contribution in [-0.4, -0.2) is 37.0 Å². The number of rotatable bonds is 3. The van der Waals surface area contributed by atoms with Crippen molar-refractivity contribution in [3.63, 3.8) is 0 Å². The Morgan fingerprint density at radius 1 is 1.24 bits per heavy atom. The minimum absolute atomic E-state index is 0.295. The zero-order chi connectivity index (χ0) is 12.1. The Kier molecular flexibility index (Phi) is 4.15. The highest BCUT2D eigenvalue weighted by Gasteiger charge is 2.22. The molecule has 0 aliphatic carbocycles.